The highest BCUT2D eigenvalue weighted by Gasteiger charge is 2.34. The second-order valence-electron chi connectivity index (χ2n) is 7.72. The van der Waals surface area contributed by atoms with E-state index in [1.807, 2.05) is 18.2 Å². The summed E-state index contributed by atoms with van der Waals surface area (Å²) < 4.78 is 0.864. The quantitative estimate of drug-likeness (QED) is 0.647. The summed E-state index contributed by atoms with van der Waals surface area (Å²) in [7, 11) is 0. The lowest BCUT2D eigenvalue weighted by atomic mass is 9.78. The number of carbonyl (C=O) groups is 2. The fourth-order valence-corrected chi connectivity index (χ4v) is 4.66. The van der Waals surface area contributed by atoms with E-state index in [0.717, 1.165) is 10.9 Å². The number of amides is 2. The molecule has 1 aliphatic heterocycles. The van der Waals surface area contributed by atoms with Crippen LogP contribution in [0.4, 0.5) is 0 Å². The number of hydrogen-bond donors (Lipinski definition) is 1. The highest BCUT2D eigenvalue weighted by Crippen LogP contribution is 2.29. The van der Waals surface area contributed by atoms with Crippen LogP contribution in [0.25, 0.3) is 0 Å². The number of halogens is 1. The van der Waals surface area contributed by atoms with Crippen molar-refractivity contribution in [2.75, 3.05) is 6.54 Å². The SMILES string of the molecule is CC1CCCC(NC(=O)CCCN2C(=O)C3C=C(Br)C=CC3=NC2=S)C1C. The summed E-state index contributed by atoms with van der Waals surface area (Å²) in [6.45, 7) is 4.90. The second-order valence-corrected chi connectivity index (χ2v) is 9.00. The molecule has 3 aliphatic rings. The molecule has 0 aromatic carbocycles. The summed E-state index contributed by atoms with van der Waals surface area (Å²) in [6, 6.07) is 0.266. The zero-order valence-corrected chi connectivity index (χ0v) is 18.2. The van der Waals surface area contributed by atoms with E-state index in [1.54, 1.807) is 0 Å². The largest absolute Gasteiger partial charge is 0.353 e. The average Bonchev–Trinajstić information content (AvgIpc) is 2.62. The van der Waals surface area contributed by atoms with Crippen molar-refractivity contribution in [2.45, 2.75) is 52.0 Å². The monoisotopic (exact) mass is 451 g/mol. The standard InChI is InChI=1S/C20H26BrN3O2S/c1-12-5-3-6-16(13(12)2)22-18(25)7-4-10-24-19(26)15-11-14(21)8-9-17(15)23-20(24)27/h8-9,11-13,15-16H,3-7,10H2,1-2H3,(H,22,25). The Morgan fingerprint density at radius 1 is 1.37 bits per heavy atom. The van der Waals surface area contributed by atoms with Gasteiger partial charge >= 0.3 is 0 Å². The summed E-state index contributed by atoms with van der Waals surface area (Å²) in [5, 5.41) is 3.47. The molecular formula is C20H26BrN3O2S. The minimum atomic E-state index is -0.394. The Labute approximate surface area is 174 Å². The van der Waals surface area contributed by atoms with Gasteiger partial charge in [0.05, 0.1) is 5.71 Å². The van der Waals surface area contributed by atoms with E-state index in [9.17, 15) is 9.59 Å². The molecule has 1 fully saturated rings. The third-order valence-electron chi connectivity index (χ3n) is 5.88. The van der Waals surface area contributed by atoms with E-state index in [-0.39, 0.29) is 23.0 Å². The van der Waals surface area contributed by atoms with Gasteiger partial charge in [-0.3, -0.25) is 14.5 Å². The number of nitrogens with zero attached hydrogens (tertiary/aromatic N) is 2. The van der Waals surface area contributed by atoms with Gasteiger partial charge in [0.2, 0.25) is 16.9 Å². The van der Waals surface area contributed by atoms with Crippen LogP contribution in [-0.4, -0.2) is 40.1 Å². The van der Waals surface area contributed by atoms with Crippen molar-refractivity contribution in [2.24, 2.45) is 22.7 Å². The Hall–Kier alpha value is -1.34. The summed E-state index contributed by atoms with van der Waals surface area (Å²) in [5.41, 5.74) is 0.683. The lowest BCUT2D eigenvalue weighted by Crippen LogP contribution is -2.47. The van der Waals surface area contributed by atoms with Crippen molar-refractivity contribution < 1.29 is 9.59 Å². The highest BCUT2D eigenvalue weighted by atomic mass is 79.9. The van der Waals surface area contributed by atoms with Crippen molar-refractivity contribution in [3.63, 3.8) is 0 Å². The van der Waals surface area contributed by atoms with Gasteiger partial charge in [-0.15, -0.1) is 0 Å². The molecule has 1 N–H and O–H groups in total. The molecule has 0 spiro atoms. The van der Waals surface area contributed by atoms with Crippen LogP contribution in [0.3, 0.4) is 0 Å². The first kappa shape index (κ1) is 20.4. The summed E-state index contributed by atoms with van der Waals surface area (Å²) in [6.07, 6.45) is 9.96. The van der Waals surface area contributed by atoms with Crippen LogP contribution in [0.1, 0.15) is 46.0 Å². The highest BCUT2D eigenvalue weighted by molar-refractivity contribution is 9.11. The molecule has 27 heavy (non-hydrogen) atoms. The van der Waals surface area contributed by atoms with Crippen LogP contribution < -0.4 is 5.32 Å². The average molecular weight is 452 g/mol. The number of rotatable bonds is 5. The Kier molecular flexibility index (Phi) is 6.63. The van der Waals surface area contributed by atoms with Gasteiger partial charge in [-0.2, -0.15) is 0 Å². The second kappa shape index (κ2) is 8.78. The molecule has 0 aromatic heterocycles. The third-order valence-corrected chi connectivity index (χ3v) is 6.72. The zero-order chi connectivity index (χ0) is 19.6. The molecule has 146 valence electrons. The molecule has 0 radical (unpaired) electrons. The van der Waals surface area contributed by atoms with Gasteiger partial charge in [-0.05, 0) is 49.0 Å². The minimum absolute atomic E-state index is 0.0590. The van der Waals surface area contributed by atoms with Gasteiger partial charge in [0, 0.05) is 23.5 Å². The summed E-state index contributed by atoms with van der Waals surface area (Å²) >= 11 is 8.69. The molecule has 2 amide bonds. The number of aliphatic imine (C=N–C) groups is 1. The van der Waals surface area contributed by atoms with Crippen LogP contribution in [0, 0.1) is 17.8 Å². The van der Waals surface area contributed by atoms with Crippen molar-refractivity contribution >= 4 is 50.8 Å². The number of allylic oxidation sites excluding steroid dienone is 3. The van der Waals surface area contributed by atoms with Crippen molar-refractivity contribution in [3.8, 4) is 0 Å². The molecule has 7 heteroatoms. The number of fused-ring (bicyclic) bond motifs is 1. The third kappa shape index (κ3) is 4.74. The number of hydrogen-bond acceptors (Lipinski definition) is 3. The Morgan fingerprint density at radius 3 is 2.93 bits per heavy atom. The van der Waals surface area contributed by atoms with Gasteiger partial charge in [0.25, 0.3) is 0 Å². The minimum Gasteiger partial charge on any atom is -0.353 e. The van der Waals surface area contributed by atoms with Crippen LogP contribution in [0.15, 0.2) is 27.7 Å². The van der Waals surface area contributed by atoms with Gasteiger partial charge < -0.3 is 5.32 Å². The molecule has 4 unspecified atom stereocenters. The molecule has 1 saturated carbocycles. The van der Waals surface area contributed by atoms with Crippen molar-refractivity contribution in [3.05, 3.63) is 22.7 Å². The smallest absolute Gasteiger partial charge is 0.241 e. The maximum atomic E-state index is 12.7. The van der Waals surface area contributed by atoms with Gasteiger partial charge in [-0.1, -0.05) is 48.7 Å². The Balaban J connectivity index is 1.51. The topological polar surface area (TPSA) is 61.8 Å². The molecule has 1 heterocycles. The Bertz CT molecular complexity index is 731. The number of thiocarbonyl (C=S) groups is 1. The van der Waals surface area contributed by atoms with Gasteiger partial charge in [0.15, 0.2) is 0 Å². The molecular weight excluding hydrogens is 426 g/mol. The Morgan fingerprint density at radius 2 is 2.15 bits per heavy atom. The first-order valence-corrected chi connectivity index (χ1v) is 10.9. The van der Waals surface area contributed by atoms with Crippen LogP contribution in [0.5, 0.6) is 0 Å². The van der Waals surface area contributed by atoms with Crippen LogP contribution in [-0.2, 0) is 9.59 Å². The zero-order valence-electron chi connectivity index (χ0n) is 15.8. The molecule has 0 bridgehead atoms. The van der Waals surface area contributed by atoms with Gasteiger partial charge in [-0.25, -0.2) is 4.99 Å². The van der Waals surface area contributed by atoms with E-state index in [4.69, 9.17) is 12.2 Å². The van der Waals surface area contributed by atoms with E-state index < -0.39 is 5.92 Å². The fourth-order valence-electron chi connectivity index (χ4n) is 3.97. The molecule has 0 aromatic rings. The van der Waals surface area contributed by atoms with E-state index in [2.05, 4.69) is 40.1 Å². The van der Waals surface area contributed by atoms with Crippen LogP contribution in [0.2, 0.25) is 0 Å². The van der Waals surface area contributed by atoms with E-state index >= 15 is 0 Å². The number of nitrogens with one attached hydrogen (secondary N) is 1. The predicted molar refractivity (Wildman–Crippen MR) is 115 cm³/mol. The van der Waals surface area contributed by atoms with Crippen molar-refractivity contribution in [1.29, 1.82) is 0 Å². The lowest BCUT2D eigenvalue weighted by Gasteiger charge is -2.34. The first-order valence-electron chi connectivity index (χ1n) is 9.65. The predicted octanol–water partition coefficient (Wildman–Crippen LogP) is 3.74. The first-order chi connectivity index (χ1) is 12.9. The van der Waals surface area contributed by atoms with E-state index in [1.165, 1.54) is 17.7 Å². The molecule has 2 aliphatic carbocycles. The summed E-state index contributed by atoms with van der Waals surface area (Å²) in [5.74, 6) is 0.757. The molecule has 5 nitrogen and oxygen atoms in total. The molecule has 4 atom stereocenters. The van der Waals surface area contributed by atoms with Crippen LogP contribution >= 0.6 is 28.1 Å². The molecule has 0 saturated heterocycles. The number of carbonyl (C=O) groups excluding carboxylic acids is 2. The normalized spacial score (nSPS) is 30.6. The molecule has 3 rings (SSSR count). The fraction of sp³-hybridized carbons (Fsp3) is 0.600. The van der Waals surface area contributed by atoms with E-state index in [0.29, 0.717) is 36.9 Å². The maximum Gasteiger partial charge on any atom is 0.241 e. The van der Waals surface area contributed by atoms with Crippen molar-refractivity contribution in [1.82, 2.24) is 10.2 Å². The summed E-state index contributed by atoms with van der Waals surface area (Å²) in [4.78, 5) is 31.0. The van der Waals surface area contributed by atoms with Gasteiger partial charge in [0.1, 0.15) is 5.92 Å². The lowest BCUT2D eigenvalue weighted by molar-refractivity contribution is -0.129. The maximum absolute atomic E-state index is 12.7.